The van der Waals surface area contributed by atoms with Crippen LogP contribution in [-0.2, 0) is 14.8 Å². The molecule has 1 unspecified atom stereocenters. The molecule has 0 aromatic heterocycles. The van der Waals surface area contributed by atoms with Gasteiger partial charge in [0.1, 0.15) is 12.4 Å². The van der Waals surface area contributed by atoms with Gasteiger partial charge in [-0.25, -0.2) is 8.42 Å². The predicted molar refractivity (Wildman–Crippen MR) is 82.2 cm³/mol. The summed E-state index contributed by atoms with van der Waals surface area (Å²) in [6.07, 6.45) is 1.98. The van der Waals surface area contributed by atoms with E-state index in [1.807, 2.05) is 0 Å². The number of amides is 1. The Balaban J connectivity index is 1.67. The van der Waals surface area contributed by atoms with Crippen LogP contribution in [0.15, 0.2) is 34.2 Å². The number of nitrogens with one attached hydrogen (secondary N) is 3. The standard InChI is InChI=1S/C14H18N4O3S/c19-13(17-10-4-3-7-15-8-10)9-16-14-11-5-1-2-6-12(11)22(20,21)18-14/h1-2,5-6,10,15H,3-4,7-9H2,(H,16,18)(H,17,19). The minimum absolute atomic E-state index is 0.0946. The highest BCUT2D eigenvalue weighted by Gasteiger charge is 2.30. The molecule has 3 rings (SSSR count). The molecule has 2 aliphatic rings. The summed E-state index contributed by atoms with van der Waals surface area (Å²) in [4.78, 5) is 16.2. The summed E-state index contributed by atoms with van der Waals surface area (Å²) >= 11 is 0. The average Bonchev–Trinajstić information content (AvgIpc) is 2.78. The second-order valence-electron chi connectivity index (χ2n) is 5.38. The average molecular weight is 322 g/mol. The quantitative estimate of drug-likeness (QED) is 0.704. The molecule has 2 heterocycles. The Bertz CT molecular complexity index is 709. The zero-order valence-electron chi connectivity index (χ0n) is 12.0. The van der Waals surface area contributed by atoms with E-state index in [0.29, 0.717) is 5.56 Å². The fourth-order valence-corrected chi connectivity index (χ4v) is 3.90. The fourth-order valence-electron chi connectivity index (χ4n) is 2.65. The molecule has 1 amide bonds. The lowest BCUT2D eigenvalue weighted by Crippen LogP contribution is -2.46. The first-order chi connectivity index (χ1) is 10.6. The molecule has 1 aromatic carbocycles. The number of aliphatic imine (C=N–C) groups is 1. The van der Waals surface area contributed by atoms with Crippen molar-refractivity contribution in [2.75, 3.05) is 19.6 Å². The van der Waals surface area contributed by atoms with E-state index in [1.165, 1.54) is 6.07 Å². The van der Waals surface area contributed by atoms with Gasteiger partial charge in [-0.15, -0.1) is 0 Å². The molecule has 0 spiro atoms. The number of nitrogens with zero attached hydrogens (tertiary/aromatic N) is 1. The molecule has 8 heteroatoms. The van der Waals surface area contributed by atoms with Gasteiger partial charge in [0, 0.05) is 18.2 Å². The maximum absolute atomic E-state index is 11.9. The van der Waals surface area contributed by atoms with Crippen molar-refractivity contribution in [2.45, 2.75) is 23.8 Å². The van der Waals surface area contributed by atoms with E-state index in [2.05, 4.69) is 20.3 Å². The summed E-state index contributed by atoms with van der Waals surface area (Å²) in [7, 11) is -3.55. The summed E-state index contributed by atoms with van der Waals surface area (Å²) in [5.41, 5.74) is 0.509. The largest absolute Gasteiger partial charge is 0.350 e. The van der Waals surface area contributed by atoms with Crippen molar-refractivity contribution < 1.29 is 13.2 Å². The van der Waals surface area contributed by atoms with Crippen LogP contribution in [0.4, 0.5) is 0 Å². The molecule has 1 saturated heterocycles. The number of carbonyl (C=O) groups excluding carboxylic acids is 1. The van der Waals surface area contributed by atoms with Crippen molar-refractivity contribution >= 4 is 21.8 Å². The number of hydrogen-bond donors (Lipinski definition) is 3. The molecule has 0 saturated carbocycles. The highest BCUT2D eigenvalue weighted by Crippen LogP contribution is 2.21. The van der Waals surface area contributed by atoms with Gasteiger partial charge in [0.2, 0.25) is 5.91 Å². The Labute approximate surface area is 129 Å². The normalized spacial score (nSPS) is 24.5. The second-order valence-corrected chi connectivity index (χ2v) is 7.03. The van der Waals surface area contributed by atoms with Gasteiger partial charge < -0.3 is 10.6 Å². The minimum atomic E-state index is -3.55. The summed E-state index contributed by atoms with van der Waals surface area (Å²) in [6.45, 7) is 1.65. The number of piperidine rings is 1. The lowest BCUT2D eigenvalue weighted by atomic mass is 10.1. The maximum atomic E-state index is 11.9. The van der Waals surface area contributed by atoms with Gasteiger partial charge in [0.15, 0.2) is 0 Å². The number of rotatable bonds is 3. The van der Waals surface area contributed by atoms with Gasteiger partial charge in [0.25, 0.3) is 10.0 Å². The van der Waals surface area contributed by atoms with Gasteiger partial charge in [-0.3, -0.25) is 14.5 Å². The van der Waals surface area contributed by atoms with Crippen LogP contribution in [0.1, 0.15) is 18.4 Å². The van der Waals surface area contributed by atoms with E-state index in [1.54, 1.807) is 18.2 Å². The van der Waals surface area contributed by atoms with Crippen LogP contribution in [0, 0.1) is 0 Å². The van der Waals surface area contributed by atoms with Crippen molar-refractivity contribution in [1.29, 1.82) is 0 Å². The molecule has 118 valence electrons. The predicted octanol–water partition coefficient (Wildman–Crippen LogP) is -0.407. The van der Waals surface area contributed by atoms with Gasteiger partial charge in [-0.2, -0.15) is 0 Å². The van der Waals surface area contributed by atoms with E-state index in [0.717, 1.165) is 25.9 Å². The highest BCUT2D eigenvalue weighted by molar-refractivity contribution is 7.90. The second kappa shape index (κ2) is 6.05. The molecule has 2 aliphatic heterocycles. The minimum Gasteiger partial charge on any atom is -0.350 e. The third kappa shape index (κ3) is 3.12. The van der Waals surface area contributed by atoms with Gasteiger partial charge >= 0.3 is 0 Å². The summed E-state index contributed by atoms with van der Waals surface area (Å²) in [6, 6.07) is 6.71. The van der Waals surface area contributed by atoms with Gasteiger partial charge in [-0.1, -0.05) is 12.1 Å². The van der Waals surface area contributed by atoms with Crippen molar-refractivity contribution in [2.24, 2.45) is 4.99 Å². The van der Waals surface area contributed by atoms with Gasteiger partial charge in [-0.05, 0) is 31.5 Å². The van der Waals surface area contributed by atoms with Gasteiger partial charge in [0.05, 0.1) is 4.90 Å². The first-order valence-corrected chi connectivity index (χ1v) is 8.71. The number of benzene rings is 1. The van der Waals surface area contributed by atoms with E-state index in [9.17, 15) is 13.2 Å². The molecule has 7 nitrogen and oxygen atoms in total. The van der Waals surface area contributed by atoms with Crippen LogP contribution in [0.5, 0.6) is 0 Å². The van der Waals surface area contributed by atoms with Crippen molar-refractivity contribution in [3.05, 3.63) is 29.8 Å². The SMILES string of the molecule is O=C(CN=C1NS(=O)(=O)c2ccccc21)NC1CCCNC1. The van der Waals surface area contributed by atoms with E-state index in [4.69, 9.17) is 0 Å². The molecule has 1 atom stereocenters. The Morgan fingerprint density at radius 3 is 2.95 bits per heavy atom. The van der Waals surface area contributed by atoms with Crippen LogP contribution in [-0.4, -0.2) is 45.8 Å². The Kier molecular flexibility index (Phi) is 4.12. The first-order valence-electron chi connectivity index (χ1n) is 7.23. The maximum Gasteiger partial charge on any atom is 0.263 e. The smallest absolute Gasteiger partial charge is 0.263 e. The van der Waals surface area contributed by atoms with Crippen molar-refractivity contribution in [3.8, 4) is 0 Å². The molecule has 0 radical (unpaired) electrons. The number of carbonyl (C=O) groups is 1. The summed E-state index contributed by atoms with van der Waals surface area (Å²) < 4.78 is 26.2. The molecule has 1 fully saturated rings. The summed E-state index contributed by atoms with van der Waals surface area (Å²) in [5, 5.41) is 6.12. The zero-order chi connectivity index (χ0) is 15.6. The Morgan fingerprint density at radius 2 is 2.18 bits per heavy atom. The molecule has 0 aliphatic carbocycles. The van der Waals surface area contributed by atoms with Crippen LogP contribution in [0.25, 0.3) is 0 Å². The number of sulfonamides is 1. The Hall–Kier alpha value is -1.93. The zero-order valence-corrected chi connectivity index (χ0v) is 12.8. The first kappa shape index (κ1) is 15.0. The molecule has 3 N–H and O–H groups in total. The molecular weight excluding hydrogens is 304 g/mol. The van der Waals surface area contributed by atoms with E-state index < -0.39 is 10.0 Å². The summed E-state index contributed by atoms with van der Waals surface area (Å²) in [5.74, 6) is 0.0253. The molecule has 0 bridgehead atoms. The lowest BCUT2D eigenvalue weighted by molar-refractivity contribution is -0.120. The number of hydrogen-bond acceptors (Lipinski definition) is 5. The van der Waals surface area contributed by atoms with Crippen LogP contribution in [0.2, 0.25) is 0 Å². The fraction of sp³-hybridized carbons (Fsp3) is 0.429. The molecule has 1 aromatic rings. The van der Waals surface area contributed by atoms with Crippen LogP contribution in [0.3, 0.4) is 0 Å². The third-order valence-electron chi connectivity index (χ3n) is 3.71. The molecular formula is C14H18N4O3S. The highest BCUT2D eigenvalue weighted by atomic mass is 32.2. The number of fused-ring (bicyclic) bond motifs is 1. The Morgan fingerprint density at radius 1 is 1.36 bits per heavy atom. The third-order valence-corrected chi connectivity index (χ3v) is 5.10. The van der Waals surface area contributed by atoms with Crippen LogP contribution >= 0.6 is 0 Å². The van der Waals surface area contributed by atoms with E-state index in [-0.39, 0.29) is 29.2 Å². The number of amidine groups is 1. The van der Waals surface area contributed by atoms with E-state index >= 15 is 0 Å². The van der Waals surface area contributed by atoms with Crippen molar-refractivity contribution in [1.82, 2.24) is 15.4 Å². The monoisotopic (exact) mass is 322 g/mol. The van der Waals surface area contributed by atoms with Crippen LogP contribution < -0.4 is 15.4 Å². The lowest BCUT2D eigenvalue weighted by Gasteiger charge is -2.23. The topological polar surface area (TPSA) is 99.7 Å². The van der Waals surface area contributed by atoms with Crippen molar-refractivity contribution in [3.63, 3.8) is 0 Å². The molecule has 22 heavy (non-hydrogen) atoms.